The third-order valence-electron chi connectivity index (χ3n) is 4.01. The Morgan fingerprint density at radius 1 is 1.15 bits per heavy atom. The quantitative estimate of drug-likeness (QED) is 0.613. The van der Waals surface area contributed by atoms with Gasteiger partial charge in [-0.05, 0) is 17.7 Å². The number of ether oxygens (including phenoxy) is 1. The normalized spacial score (nSPS) is 10.7. The first-order valence-corrected chi connectivity index (χ1v) is 8.57. The fraction of sp³-hybridized carbons (Fsp3) is 0.263. The van der Waals surface area contributed by atoms with Crippen LogP contribution in [-0.2, 0) is 17.8 Å². The van der Waals surface area contributed by atoms with E-state index in [-0.39, 0.29) is 18.1 Å². The smallest absolute Gasteiger partial charge is 0.315 e. The molecule has 0 aliphatic heterocycles. The lowest BCUT2D eigenvalue weighted by Crippen LogP contribution is -2.37. The van der Waals surface area contributed by atoms with Crippen LogP contribution in [0.25, 0.3) is 10.8 Å². The van der Waals surface area contributed by atoms with E-state index in [1.54, 1.807) is 25.6 Å². The first-order chi connectivity index (χ1) is 13.2. The first-order valence-electron chi connectivity index (χ1n) is 8.57. The fourth-order valence-corrected chi connectivity index (χ4v) is 2.70. The van der Waals surface area contributed by atoms with Gasteiger partial charge in [-0.25, -0.2) is 9.48 Å². The van der Waals surface area contributed by atoms with Gasteiger partial charge in [0.1, 0.15) is 0 Å². The van der Waals surface area contributed by atoms with Gasteiger partial charge in [-0.2, -0.15) is 5.10 Å². The molecule has 8 nitrogen and oxygen atoms in total. The van der Waals surface area contributed by atoms with Crippen LogP contribution >= 0.6 is 0 Å². The average Bonchev–Trinajstić information content (AvgIpc) is 2.70. The van der Waals surface area contributed by atoms with Crippen LogP contribution in [0.15, 0.2) is 53.6 Å². The summed E-state index contributed by atoms with van der Waals surface area (Å²) in [5, 5.41) is 11.2. The Kier molecular flexibility index (Phi) is 6.11. The maximum absolute atomic E-state index is 12.8. The van der Waals surface area contributed by atoms with Crippen molar-refractivity contribution in [3.63, 3.8) is 0 Å². The van der Waals surface area contributed by atoms with Gasteiger partial charge in [-0.3, -0.25) is 9.78 Å². The Morgan fingerprint density at radius 3 is 2.70 bits per heavy atom. The molecule has 3 aromatic rings. The van der Waals surface area contributed by atoms with E-state index < -0.39 is 0 Å². The minimum absolute atomic E-state index is 0.178. The van der Waals surface area contributed by atoms with E-state index in [2.05, 4.69) is 20.7 Å². The molecule has 2 amide bonds. The molecule has 0 fully saturated rings. The van der Waals surface area contributed by atoms with Crippen molar-refractivity contribution in [3.8, 4) is 0 Å². The molecule has 0 radical (unpaired) electrons. The molecule has 0 aliphatic rings. The van der Waals surface area contributed by atoms with E-state index in [4.69, 9.17) is 4.74 Å². The van der Waals surface area contributed by atoms with Crippen molar-refractivity contribution in [1.29, 1.82) is 0 Å². The molecule has 2 heterocycles. The molecule has 2 N–H and O–H groups in total. The summed E-state index contributed by atoms with van der Waals surface area (Å²) in [6.07, 6.45) is 3.38. The Morgan fingerprint density at radius 2 is 1.96 bits per heavy atom. The summed E-state index contributed by atoms with van der Waals surface area (Å²) in [5.74, 6) is 0. The zero-order valence-electron chi connectivity index (χ0n) is 15.0. The van der Waals surface area contributed by atoms with E-state index in [1.807, 2.05) is 30.3 Å². The second-order valence-electron chi connectivity index (χ2n) is 5.92. The molecule has 3 rings (SSSR count). The van der Waals surface area contributed by atoms with Crippen LogP contribution in [0, 0.1) is 0 Å². The highest BCUT2D eigenvalue weighted by molar-refractivity contribution is 5.84. The number of pyridine rings is 1. The number of aromatic nitrogens is 3. The third kappa shape index (κ3) is 4.68. The number of rotatable bonds is 7. The van der Waals surface area contributed by atoms with Crippen molar-refractivity contribution < 1.29 is 9.53 Å². The molecule has 140 valence electrons. The average molecular weight is 367 g/mol. The number of methoxy groups -OCH3 is 1. The number of amides is 2. The molecule has 0 unspecified atom stereocenters. The van der Waals surface area contributed by atoms with E-state index in [9.17, 15) is 9.59 Å². The van der Waals surface area contributed by atoms with Crippen LogP contribution in [0.5, 0.6) is 0 Å². The van der Waals surface area contributed by atoms with Gasteiger partial charge in [0.25, 0.3) is 5.56 Å². The number of carbonyl (C=O) groups excluding carboxylic acids is 1. The molecule has 0 aliphatic carbocycles. The van der Waals surface area contributed by atoms with Crippen molar-refractivity contribution in [2.24, 2.45) is 0 Å². The van der Waals surface area contributed by atoms with Gasteiger partial charge in [-0.15, -0.1) is 0 Å². The van der Waals surface area contributed by atoms with E-state index >= 15 is 0 Å². The highest BCUT2D eigenvalue weighted by Gasteiger charge is 2.11. The SMILES string of the molecule is COCCNC(=O)NCc1nn(Cc2cccnc2)c(=O)c2ccccc12. The lowest BCUT2D eigenvalue weighted by atomic mass is 10.1. The lowest BCUT2D eigenvalue weighted by molar-refractivity contribution is 0.195. The van der Waals surface area contributed by atoms with Crippen LogP contribution in [0.1, 0.15) is 11.3 Å². The molecule has 0 saturated heterocycles. The second kappa shape index (κ2) is 8.91. The highest BCUT2D eigenvalue weighted by Crippen LogP contribution is 2.13. The largest absolute Gasteiger partial charge is 0.383 e. The summed E-state index contributed by atoms with van der Waals surface area (Å²) in [6.45, 7) is 1.36. The summed E-state index contributed by atoms with van der Waals surface area (Å²) in [4.78, 5) is 28.7. The Labute approximate surface area is 156 Å². The van der Waals surface area contributed by atoms with Gasteiger partial charge >= 0.3 is 6.03 Å². The zero-order valence-corrected chi connectivity index (χ0v) is 15.0. The molecular formula is C19H21N5O3. The van der Waals surface area contributed by atoms with Crippen LogP contribution in [-0.4, -0.2) is 41.1 Å². The van der Waals surface area contributed by atoms with Gasteiger partial charge in [0.2, 0.25) is 0 Å². The zero-order chi connectivity index (χ0) is 19.1. The number of benzene rings is 1. The summed E-state index contributed by atoms with van der Waals surface area (Å²) in [6, 6.07) is 10.6. The number of hydrogen-bond acceptors (Lipinski definition) is 5. The Bertz CT molecular complexity index is 972. The summed E-state index contributed by atoms with van der Waals surface area (Å²) >= 11 is 0. The predicted octanol–water partition coefficient (Wildman–Crippen LogP) is 1.29. The summed E-state index contributed by atoms with van der Waals surface area (Å²) in [7, 11) is 1.57. The summed E-state index contributed by atoms with van der Waals surface area (Å²) in [5.41, 5.74) is 1.32. The van der Waals surface area contributed by atoms with E-state index in [0.717, 1.165) is 10.9 Å². The number of hydrogen-bond donors (Lipinski definition) is 2. The molecule has 1 aromatic carbocycles. The van der Waals surface area contributed by atoms with Crippen molar-refractivity contribution >= 4 is 16.8 Å². The topological polar surface area (TPSA) is 98.1 Å². The van der Waals surface area contributed by atoms with Gasteiger partial charge in [0.15, 0.2) is 0 Å². The molecule has 0 spiro atoms. The van der Waals surface area contributed by atoms with Crippen LogP contribution in [0.3, 0.4) is 0 Å². The fourth-order valence-electron chi connectivity index (χ4n) is 2.70. The number of carbonyl (C=O) groups is 1. The first kappa shape index (κ1) is 18.5. The highest BCUT2D eigenvalue weighted by atomic mass is 16.5. The molecule has 8 heteroatoms. The minimum atomic E-state index is -0.317. The second-order valence-corrected chi connectivity index (χ2v) is 5.92. The van der Waals surface area contributed by atoms with Gasteiger partial charge in [0, 0.05) is 31.4 Å². The third-order valence-corrected chi connectivity index (χ3v) is 4.01. The number of fused-ring (bicyclic) bond motifs is 1. The monoisotopic (exact) mass is 367 g/mol. The molecular weight excluding hydrogens is 346 g/mol. The van der Waals surface area contributed by atoms with E-state index in [0.29, 0.717) is 30.8 Å². The van der Waals surface area contributed by atoms with Gasteiger partial charge in [-0.1, -0.05) is 24.3 Å². The van der Waals surface area contributed by atoms with Crippen molar-refractivity contribution in [3.05, 3.63) is 70.4 Å². The lowest BCUT2D eigenvalue weighted by Gasteiger charge is -2.12. The van der Waals surface area contributed by atoms with Crippen molar-refractivity contribution in [2.45, 2.75) is 13.1 Å². The van der Waals surface area contributed by atoms with Crippen molar-refractivity contribution in [2.75, 3.05) is 20.3 Å². The minimum Gasteiger partial charge on any atom is -0.383 e. The van der Waals surface area contributed by atoms with Crippen LogP contribution in [0.4, 0.5) is 4.79 Å². The maximum Gasteiger partial charge on any atom is 0.315 e. The molecule has 0 bridgehead atoms. The standard InChI is InChI=1S/C19H21N5O3/c1-27-10-9-21-19(26)22-12-17-15-6-2-3-7-16(15)18(25)24(23-17)13-14-5-4-8-20-11-14/h2-8,11H,9-10,12-13H2,1H3,(H2,21,22,26). The number of nitrogens with zero attached hydrogens (tertiary/aromatic N) is 3. The number of nitrogens with one attached hydrogen (secondary N) is 2. The predicted molar refractivity (Wildman–Crippen MR) is 101 cm³/mol. The van der Waals surface area contributed by atoms with E-state index in [1.165, 1.54) is 4.68 Å². The Balaban J connectivity index is 1.86. The maximum atomic E-state index is 12.8. The van der Waals surface area contributed by atoms with Gasteiger partial charge < -0.3 is 15.4 Å². The van der Waals surface area contributed by atoms with Gasteiger partial charge in [0.05, 0.1) is 30.8 Å². The van der Waals surface area contributed by atoms with Crippen LogP contribution < -0.4 is 16.2 Å². The Hall–Kier alpha value is -3.26. The number of urea groups is 1. The van der Waals surface area contributed by atoms with Crippen LogP contribution in [0.2, 0.25) is 0 Å². The summed E-state index contributed by atoms with van der Waals surface area (Å²) < 4.78 is 6.30. The molecule has 2 aromatic heterocycles. The molecule has 0 saturated carbocycles. The van der Waals surface area contributed by atoms with Crippen molar-refractivity contribution in [1.82, 2.24) is 25.4 Å². The molecule has 27 heavy (non-hydrogen) atoms. The molecule has 0 atom stereocenters.